The summed E-state index contributed by atoms with van der Waals surface area (Å²) in [6.07, 6.45) is 3.52. The van der Waals surface area contributed by atoms with Crippen molar-refractivity contribution in [3.05, 3.63) is 53.1 Å². The van der Waals surface area contributed by atoms with E-state index < -0.39 is 11.8 Å². The Labute approximate surface area is 144 Å². The van der Waals surface area contributed by atoms with E-state index in [4.69, 9.17) is 11.6 Å². The highest BCUT2D eigenvalue weighted by Gasteiger charge is 2.19. The summed E-state index contributed by atoms with van der Waals surface area (Å²) in [6, 6.07) is 6.63. The van der Waals surface area contributed by atoms with Crippen molar-refractivity contribution in [3.63, 3.8) is 0 Å². The molecule has 0 bridgehead atoms. The van der Waals surface area contributed by atoms with Crippen LogP contribution in [0.2, 0.25) is 5.02 Å². The van der Waals surface area contributed by atoms with Crippen LogP contribution in [0.25, 0.3) is 0 Å². The molecule has 7 nitrogen and oxygen atoms in total. The Morgan fingerprint density at radius 3 is 2.25 bits per heavy atom. The molecule has 0 atom stereocenters. The molecule has 1 aromatic heterocycles. The lowest BCUT2D eigenvalue weighted by atomic mass is 10.2. The number of nitrogens with one attached hydrogen (secondary N) is 3. The molecule has 24 heavy (non-hydrogen) atoms. The van der Waals surface area contributed by atoms with Gasteiger partial charge in [0.25, 0.3) is 11.8 Å². The second-order valence-corrected chi connectivity index (χ2v) is 5.36. The smallest absolute Gasteiger partial charge is 0.276 e. The van der Waals surface area contributed by atoms with E-state index in [2.05, 4.69) is 25.9 Å². The van der Waals surface area contributed by atoms with E-state index in [9.17, 15) is 9.59 Å². The lowest BCUT2D eigenvalue weighted by Gasteiger charge is -2.09. The van der Waals surface area contributed by atoms with Gasteiger partial charge in [0, 0.05) is 29.6 Å². The number of aromatic nitrogens is 2. The number of rotatable bonds is 7. The maximum absolute atomic E-state index is 12.4. The summed E-state index contributed by atoms with van der Waals surface area (Å²) in [4.78, 5) is 32.5. The largest absolute Gasteiger partial charge is 0.351 e. The Balaban J connectivity index is 2.08. The van der Waals surface area contributed by atoms with Gasteiger partial charge in [-0.2, -0.15) is 0 Å². The fraction of sp³-hybridized carbons (Fsp3) is 0.250. The number of benzene rings is 1. The Morgan fingerprint density at radius 2 is 1.62 bits per heavy atom. The van der Waals surface area contributed by atoms with Gasteiger partial charge in [0.2, 0.25) is 0 Å². The molecule has 1 aromatic carbocycles. The van der Waals surface area contributed by atoms with Crippen LogP contribution in [0.5, 0.6) is 0 Å². The summed E-state index contributed by atoms with van der Waals surface area (Å²) < 4.78 is 0. The standard InChI is InChI=1S/C16H18ClN5O2/c1-18-7-2-8-21-15(23)13-14(20-10-9-19-13)16(24)22-12-5-3-11(17)4-6-12/h3-6,9-10,18H,2,7-8H2,1H3,(H,21,23)(H,22,24). The minimum Gasteiger partial charge on any atom is -0.351 e. The van der Waals surface area contributed by atoms with Crippen molar-refractivity contribution in [2.24, 2.45) is 0 Å². The molecule has 3 N–H and O–H groups in total. The molecule has 1 heterocycles. The van der Waals surface area contributed by atoms with Crippen molar-refractivity contribution in [2.75, 3.05) is 25.5 Å². The first-order chi connectivity index (χ1) is 11.6. The van der Waals surface area contributed by atoms with Crippen molar-refractivity contribution in [3.8, 4) is 0 Å². The van der Waals surface area contributed by atoms with Gasteiger partial charge >= 0.3 is 0 Å². The SMILES string of the molecule is CNCCCNC(=O)c1nccnc1C(=O)Nc1ccc(Cl)cc1. The molecule has 0 saturated carbocycles. The van der Waals surface area contributed by atoms with Crippen molar-refractivity contribution >= 4 is 29.1 Å². The average Bonchev–Trinajstić information content (AvgIpc) is 2.60. The maximum atomic E-state index is 12.4. The Bertz CT molecular complexity index is 706. The number of amides is 2. The molecule has 0 unspecified atom stereocenters. The molecule has 2 rings (SSSR count). The van der Waals surface area contributed by atoms with Crippen molar-refractivity contribution in [1.29, 1.82) is 0 Å². The van der Waals surface area contributed by atoms with Gasteiger partial charge in [-0.3, -0.25) is 9.59 Å². The number of hydrogen-bond acceptors (Lipinski definition) is 5. The van der Waals surface area contributed by atoms with Crippen LogP contribution >= 0.6 is 11.6 Å². The van der Waals surface area contributed by atoms with Crippen LogP contribution in [0.15, 0.2) is 36.7 Å². The fourth-order valence-corrected chi connectivity index (χ4v) is 2.07. The predicted molar refractivity (Wildman–Crippen MR) is 92.3 cm³/mol. The molecule has 8 heteroatoms. The highest BCUT2D eigenvalue weighted by Crippen LogP contribution is 2.14. The zero-order valence-electron chi connectivity index (χ0n) is 13.2. The minimum atomic E-state index is -0.509. The zero-order chi connectivity index (χ0) is 17.4. The van der Waals surface area contributed by atoms with Crippen molar-refractivity contribution in [1.82, 2.24) is 20.6 Å². The Hall–Kier alpha value is -2.51. The summed E-state index contributed by atoms with van der Waals surface area (Å²) in [6.45, 7) is 1.26. The number of halogens is 1. The summed E-state index contributed by atoms with van der Waals surface area (Å²) in [5.41, 5.74) is 0.516. The van der Waals surface area contributed by atoms with Gasteiger partial charge in [-0.05, 0) is 44.3 Å². The lowest BCUT2D eigenvalue weighted by Crippen LogP contribution is -2.30. The summed E-state index contributed by atoms with van der Waals surface area (Å²) in [5, 5.41) is 8.94. The van der Waals surface area contributed by atoms with E-state index in [0.717, 1.165) is 13.0 Å². The molecule has 0 aliphatic heterocycles. The number of hydrogen-bond donors (Lipinski definition) is 3. The quantitative estimate of drug-likeness (QED) is 0.663. The lowest BCUT2D eigenvalue weighted by molar-refractivity contribution is 0.0933. The van der Waals surface area contributed by atoms with Gasteiger partial charge in [-0.1, -0.05) is 11.6 Å². The molecule has 126 valence electrons. The summed E-state index contributed by atoms with van der Waals surface area (Å²) in [7, 11) is 1.84. The minimum absolute atomic E-state index is 0.00609. The van der Waals surface area contributed by atoms with Crippen LogP contribution in [0.4, 0.5) is 5.69 Å². The molecular weight excluding hydrogens is 330 g/mol. The van der Waals surface area contributed by atoms with Crippen molar-refractivity contribution in [2.45, 2.75) is 6.42 Å². The van der Waals surface area contributed by atoms with Crippen LogP contribution in [-0.2, 0) is 0 Å². The molecule has 0 radical (unpaired) electrons. The van der Waals surface area contributed by atoms with E-state index in [0.29, 0.717) is 17.3 Å². The Morgan fingerprint density at radius 1 is 1.00 bits per heavy atom. The van der Waals surface area contributed by atoms with Gasteiger partial charge in [0.1, 0.15) is 0 Å². The van der Waals surface area contributed by atoms with E-state index in [1.54, 1.807) is 24.3 Å². The fourth-order valence-electron chi connectivity index (χ4n) is 1.94. The second kappa shape index (κ2) is 8.95. The van der Waals surface area contributed by atoms with E-state index in [1.165, 1.54) is 12.4 Å². The average molecular weight is 348 g/mol. The molecule has 0 aliphatic rings. The van der Waals surface area contributed by atoms with Crippen molar-refractivity contribution < 1.29 is 9.59 Å². The van der Waals surface area contributed by atoms with Crippen LogP contribution in [0.1, 0.15) is 27.4 Å². The first-order valence-electron chi connectivity index (χ1n) is 7.42. The number of carbonyl (C=O) groups excluding carboxylic acids is 2. The molecular formula is C16H18ClN5O2. The first-order valence-corrected chi connectivity index (χ1v) is 7.80. The van der Waals surface area contributed by atoms with E-state index in [1.807, 2.05) is 7.05 Å². The highest BCUT2D eigenvalue weighted by molar-refractivity contribution is 6.30. The Kier molecular flexibility index (Phi) is 6.65. The van der Waals surface area contributed by atoms with Crippen LogP contribution in [-0.4, -0.2) is 41.9 Å². The second-order valence-electron chi connectivity index (χ2n) is 4.93. The summed E-state index contributed by atoms with van der Waals surface area (Å²) >= 11 is 5.81. The number of nitrogens with zero attached hydrogens (tertiary/aromatic N) is 2. The molecule has 0 spiro atoms. The topological polar surface area (TPSA) is 96.0 Å². The van der Waals surface area contributed by atoms with E-state index >= 15 is 0 Å². The molecule has 0 fully saturated rings. The first kappa shape index (κ1) is 17.8. The molecule has 2 amide bonds. The third kappa shape index (κ3) is 5.00. The predicted octanol–water partition coefficient (Wildman–Crippen LogP) is 1.72. The normalized spacial score (nSPS) is 10.2. The van der Waals surface area contributed by atoms with E-state index in [-0.39, 0.29) is 11.4 Å². The number of carbonyl (C=O) groups is 2. The van der Waals surface area contributed by atoms with Gasteiger partial charge < -0.3 is 16.0 Å². The third-order valence-corrected chi connectivity index (χ3v) is 3.37. The van der Waals surface area contributed by atoms with Crippen LogP contribution in [0.3, 0.4) is 0 Å². The van der Waals surface area contributed by atoms with Gasteiger partial charge in [-0.15, -0.1) is 0 Å². The zero-order valence-corrected chi connectivity index (χ0v) is 13.9. The summed E-state index contributed by atoms with van der Waals surface area (Å²) in [5.74, 6) is -0.939. The molecule has 0 aliphatic carbocycles. The van der Waals surface area contributed by atoms with Gasteiger partial charge in [-0.25, -0.2) is 9.97 Å². The monoisotopic (exact) mass is 347 g/mol. The molecule has 2 aromatic rings. The third-order valence-electron chi connectivity index (χ3n) is 3.12. The van der Waals surface area contributed by atoms with Gasteiger partial charge in [0.05, 0.1) is 0 Å². The van der Waals surface area contributed by atoms with Gasteiger partial charge in [0.15, 0.2) is 11.4 Å². The van der Waals surface area contributed by atoms with Crippen LogP contribution < -0.4 is 16.0 Å². The number of anilines is 1. The molecule has 0 saturated heterocycles. The highest BCUT2D eigenvalue weighted by atomic mass is 35.5. The maximum Gasteiger partial charge on any atom is 0.276 e. The van der Waals surface area contributed by atoms with Crippen LogP contribution in [0, 0.1) is 0 Å².